The van der Waals surface area contributed by atoms with Gasteiger partial charge in [-0.25, -0.2) is 18.2 Å². The van der Waals surface area contributed by atoms with Crippen LogP contribution in [0.5, 0.6) is 0 Å². The molecular weight excluding hydrogens is 501 g/mol. The van der Waals surface area contributed by atoms with Gasteiger partial charge >= 0.3 is 0 Å². The standard InChI is InChI=1S/C27H21F3N4O2S/c1-15-2-4-17(5-3-15)23-13-22(16-6-8-18(28)9-7-16)33-34(23)27-32-26(36)24(37-27)14-25(35)31-19-10-11-20(29)21(30)12-19/h2-12,23-24H,13-14H2,1H3,(H,31,35)/t23-,24+/m0/s1. The lowest BCUT2D eigenvalue weighted by atomic mass is 9.98. The fraction of sp³-hybridized carbons (Fsp3) is 0.185. The Morgan fingerprint density at radius 2 is 1.76 bits per heavy atom. The lowest BCUT2D eigenvalue weighted by molar-refractivity contribution is -0.121. The molecule has 0 aliphatic carbocycles. The highest BCUT2D eigenvalue weighted by Crippen LogP contribution is 2.38. The third-order valence-electron chi connectivity index (χ3n) is 6.05. The van der Waals surface area contributed by atoms with Crippen molar-refractivity contribution in [1.82, 2.24) is 5.01 Å². The SMILES string of the molecule is Cc1ccc([C@@H]2CC(c3ccc(F)cc3)=NN2C2=NC(=O)[C@@H](CC(=O)Nc3ccc(F)c(F)c3)S2)cc1. The highest BCUT2D eigenvalue weighted by molar-refractivity contribution is 8.15. The molecule has 0 fully saturated rings. The highest BCUT2D eigenvalue weighted by Gasteiger charge is 2.39. The minimum atomic E-state index is -1.08. The number of hydrogen-bond acceptors (Lipinski definition) is 5. The quantitative estimate of drug-likeness (QED) is 0.474. The van der Waals surface area contributed by atoms with Crippen LogP contribution in [0.1, 0.15) is 35.6 Å². The van der Waals surface area contributed by atoms with Gasteiger partial charge in [0.25, 0.3) is 5.91 Å². The van der Waals surface area contributed by atoms with Crippen LogP contribution in [-0.4, -0.2) is 33.0 Å². The van der Waals surface area contributed by atoms with Crippen molar-refractivity contribution in [2.75, 3.05) is 5.32 Å². The summed E-state index contributed by atoms with van der Waals surface area (Å²) in [5.41, 5.74) is 3.65. The van der Waals surface area contributed by atoms with E-state index in [0.29, 0.717) is 11.6 Å². The van der Waals surface area contributed by atoms with Gasteiger partial charge < -0.3 is 5.32 Å². The molecule has 2 aliphatic heterocycles. The number of benzene rings is 3. The zero-order chi connectivity index (χ0) is 26.1. The Morgan fingerprint density at radius 1 is 1.03 bits per heavy atom. The normalized spacial score (nSPS) is 19.1. The van der Waals surface area contributed by atoms with E-state index in [-0.39, 0.29) is 24.0 Å². The number of carbonyl (C=O) groups excluding carboxylic acids is 2. The molecule has 2 atom stereocenters. The van der Waals surface area contributed by atoms with Gasteiger partial charge in [-0.2, -0.15) is 10.1 Å². The zero-order valence-electron chi connectivity index (χ0n) is 19.6. The van der Waals surface area contributed by atoms with Crippen molar-refractivity contribution in [2.45, 2.75) is 31.1 Å². The third-order valence-corrected chi connectivity index (χ3v) is 7.19. The molecule has 0 saturated heterocycles. The first-order valence-corrected chi connectivity index (χ1v) is 12.4. The molecule has 6 nitrogen and oxygen atoms in total. The lowest BCUT2D eigenvalue weighted by Gasteiger charge is -2.23. The van der Waals surface area contributed by atoms with Crippen molar-refractivity contribution in [3.8, 4) is 0 Å². The number of rotatable bonds is 5. The zero-order valence-corrected chi connectivity index (χ0v) is 20.4. The predicted molar refractivity (Wildman–Crippen MR) is 137 cm³/mol. The van der Waals surface area contributed by atoms with Crippen LogP contribution in [0.4, 0.5) is 18.9 Å². The van der Waals surface area contributed by atoms with Crippen LogP contribution in [0.25, 0.3) is 0 Å². The van der Waals surface area contributed by atoms with Crippen LogP contribution >= 0.6 is 11.8 Å². The number of thioether (sulfide) groups is 1. The molecule has 3 aromatic carbocycles. The summed E-state index contributed by atoms with van der Waals surface area (Å²) >= 11 is 1.13. The monoisotopic (exact) mass is 522 g/mol. The van der Waals surface area contributed by atoms with E-state index in [1.54, 1.807) is 17.1 Å². The Kier molecular flexibility index (Phi) is 6.84. The molecule has 1 N–H and O–H groups in total. The molecule has 0 radical (unpaired) electrons. The van der Waals surface area contributed by atoms with Gasteiger partial charge in [0.1, 0.15) is 11.1 Å². The van der Waals surface area contributed by atoms with Crippen molar-refractivity contribution < 1.29 is 22.8 Å². The van der Waals surface area contributed by atoms with Gasteiger partial charge in [-0.15, -0.1) is 0 Å². The predicted octanol–water partition coefficient (Wildman–Crippen LogP) is 5.59. The van der Waals surface area contributed by atoms with E-state index in [1.165, 1.54) is 18.2 Å². The average Bonchev–Trinajstić information content (AvgIpc) is 3.46. The number of nitrogens with one attached hydrogen (secondary N) is 1. The maximum absolute atomic E-state index is 13.5. The van der Waals surface area contributed by atoms with E-state index >= 15 is 0 Å². The molecule has 0 spiro atoms. The smallest absolute Gasteiger partial charge is 0.262 e. The fourth-order valence-electron chi connectivity index (χ4n) is 4.11. The number of hydrazone groups is 1. The summed E-state index contributed by atoms with van der Waals surface area (Å²) in [6.45, 7) is 1.99. The summed E-state index contributed by atoms with van der Waals surface area (Å²) in [4.78, 5) is 29.4. The molecule has 10 heteroatoms. The minimum absolute atomic E-state index is 0.0907. The van der Waals surface area contributed by atoms with Crippen LogP contribution in [0.2, 0.25) is 0 Å². The number of aliphatic imine (C=N–C) groups is 1. The number of halogens is 3. The first-order chi connectivity index (χ1) is 17.8. The van der Waals surface area contributed by atoms with Crippen molar-refractivity contribution in [3.63, 3.8) is 0 Å². The Labute approximate surface area is 215 Å². The first-order valence-electron chi connectivity index (χ1n) is 11.5. The summed E-state index contributed by atoms with van der Waals surface area (Å²) < 4.78 is 40.1. The minimum Gasteiger partial charge on any atom is -0.326 e. The van der Waals surface area contributed by atoms with Gasteiger partial charge in [0.2, 0.25) is 5.91 Å². The molecule has 188 valence electrons. The molecule has 2 amide bonds. The molecule has 3 aromatic rings. The van der Waals surface area contributed by atoms with Crippen LogP contribution in [0.15, 0.2) is 76.8 Å². The van der Waals surface area contributed by atoms with Crippen LogP contribution in [0, 0.1) is 24.4 Å². The van der Waals surface area contributed by atoms with Gasteiger partial charge in [0.05, 0.1) is 11.8 Å². The van der Waals surface area contributed by atoms with Crippen molar-refractivity contribution in [2.24, 2.45) is 10.1 Å². The number of carbonyl (C=O) groups is 2. The lowest BCUT2D eigenvalue weighted by Crippen LogP contribution is -2.25. The second-order valence-electron chi connectivity index (χ2n) is 8.75. The third kappa shape index (κ3) is 5.43. The number of hydrogen-bond donors (Lipinski definition) is 1. The number of amidine groups is 1. The van der Waals surface area contributed by atoms with Crippen molar-refractivity contribution in [1.29, 1.82) is 0 Å². The van der Waals surface area contributed by atoms with E-state index in [2.05, 4.69) is 10.3 Å². The second-order valence-corrected chi connectivity index (χ2v) is 9.92. The molecule has 37 heavy (non-hydrogen) atoms. The topological polar surface area (TPSA) is 74.1 Å². The second kappa shape index (κ2) is 10.2. The first kappa shape index (κ1) is 24.8. The highest BCUT2D eigenvalue weighted by atomic mass is 32.2. The molecule has 0 bridgehead atoms. The van der Waals surface area contributed by atoms with Crippen LogP contribution < -0.4 is 5.32 Å². The van der Waals surface area contributed by atoms with E-state index in [9.17, 15) is 22.8 Å². The molecule has 0 aromatic heterocycles. The number of amides is 2. The van der Waals surface area contributed by atoms with Gasteiger partial charge in [-0.1, -0.05) is 53.7 Å². The number of nitrogens with zero attached hydrogens (tertiary/aromatic N) is 3. The molecule has 2 heterocycles. The Hall–Kier alpha value is -3.92. The summed E-state index contributed by atoms with van der Waals surface area (Å²) in [7, 11) is 0. The summed E-state index contributed by atoms with van der Waals surface area (Å²) in [5.74, 6) is -3.46. The Bertz CT molecular complexity index is 1420. The van der Waals surface area contributed by atoms with Crippen LogP contribution in [0.3, 0.4) is 0 Å². The molecule has 0 saturated carbocycles. The van der Waals surface area contributed by atoms with E-state index in [4.69, 9.17) is 5.10 Å². The van der Waals surface area contributed by atoms with Crippen LogP contribution in [-0.2, 0) is 9.59 Å². The molecule has 5 rings (SSSR count). The van der Waals surface area contributed by atoms with E-state index < -0.39 is 28.7 Å². The number of aryl methyl sites for hydroxylation is 1. The van der Waals surface area contributed by atoms with E-state index in [1.807, 2.05) is 31.2 Å². The van der Waals surface area contributed by atoms with Gasteiger partial charge in [-0.05, 0) is 42.3 Å². The van der Waals surface area contributed by atoms with Gasteiger partial charge in [0, 0.05) is 24.6 Å². The summed E-state index contributed by atoms with van der Waals surface area (Å²) in [6.07, 6.45) is 0.316. The van der Waals surface area contributed by atoms with E-state index in [0.717, 1.165) is 46.3 Å². The largest absolute Gasteiger partial charge is 0.326 e. The Balaban J connectivity index is 1.34. The maximum Gasteiger partial charge on any atom is 0.262 e. The summed E-state index contributed by atoms with van der Waals surface area (Å²) in [6, 6.07) is 16.8. The molecule has 0 unspecified atom stereocenters. The number of anilines is 1. The van der Waals surface area contributed by atoms with Crippen molar-refractivity contribution >= 4 is 40.1 Å². The summed E-state index contributed by atoms with van der Waals surface area (Å²) in [5, 5.41) is 8.46. The molecule has 2 aliphatic rings. The maximum atomic E-state index is 13.5. The van der Waals surface area contributed by atoms with Crippen molar-refractivity contribution in [3.05, 3.63) is 101 Å². The Morgan fingerprint density at radius 3 is 2.46 bits per heavy atom. The fourth-order valence-corrected chi connectivity index (χ4v) is 5.17. The van der Waals surface area contributed by atoms with Gasteiger partial charge in [0.15, 0.2) is 16.8 Å². The van der Waals surface area contributed by atoms with Gasteiger partial charge in [-0.3, -0.25) is 9.59 Å². The average molecular weight is 523 g/mol. The molecular formula is C27H21F3N4O2S.